The van der Waals surface area contributed by atoms with Gasteiger partial charge in [-0.2, -0.15) is 0 Å². The van der Waals surface area contributed by atoms with Crippen molar-refractivity contribution in [1.82, 2.24) is 5.32 Å². The molecule has 0 amide bonds. The second-order valence-corrected chi connectivity index (χ2v) is 5.13. The molecule has 1 aromatic rings. The summed E-state index contributed by atoms with van der Waals surface area (Å²) in [5.74, 6) is 1.12. The Morgan fingerprint density at radius 1 is 1.19 bits per heavy atom. The van der Waals surface area contributed by atoms with Crippen LogP contribution in [0.4, 0.5) is 0 Å². The van der Waals surface area contributed by atoms with E-state index in [1.165, 1.54) is 29.5 Å². The smallest absolute Gasteiger partial charge is 0.126 e. The zero-order chi connectivity index (χ0) is 11.1. The number of aryl methyl sites for hydroxylation is 2. The summed E-state index contributed by atoms with van der Waals surface area (Å²) in [6.07, 6.45) is 3.79. The second-order valence-electron chi connectivity index (χ2n) is 5.13. The molecule has 1 N–H and O–H groups in total. The molecule has 1 aliphatic carbocycles. The Morgan fingerprint density at radius 3 is 2.75 bits per heavy atom. The fourth-order valence-corrected chi connectivity index (χ4v) is 2.59. The van der Waals surface area contributed by atoms with Crippen molar-refractivity contribution in [3.63, 3.8) is 0 Å². The Labute approximate surface area is 97.0 Å². The normalized spacial score (nSPS) is 23.8. The zero-order valence-electron chi connectivity index (χ0n) is 10.0. The summed E-state index contributed by atoms with van der Waals surface area (Å²) in [5, 5.41) is 3.72. The molecule has 1 unspecified atom stereocenters. The number of rotatable bonds is 2. The van der Waals surface area contributed by atoms with Gasteiger partial charge in [0.2, 0.25) is 0 Å². The Balaban J connectivity index is 1.95. The Bertz CT molecular complexity index is 409. The largest absolute Gasteiger partial charge is 0.493 e. The van der Waals surface area contributed by atoms with Crippen molar-refractivity contribution in [3.8, 4) is 5.75 Å². The minimum absolute atomic E-state index is 0.509. The third-order valence-corrected chi connectivity index (χ3v) is 3.49. The van der Waals surface area contributed by atoms with E-state index in [9.17, 15) is 0 Å². The van der Waals surface area contributed by atoms with E-state index < -0.39 is 0 Å². The molecule has 1 heterocycles. The van der Waals surface area contributed by atoms with Gasteiger partial charge in [0.15, 0.2) is 0 Å². The summed E-state index contributed by atoms with van der Waals surface area (Å²) in [5.41, 5.74) is 3.98. The van der Waals surface area contributed by atoms with Crippen LogP contribution in [0.3, 0.4) is 0 Å². The van der Waals surface area contributed by atoms with Gasteiger partial charge in [-0.15, -0.1) is 0 Å². The molecule has 16 heavy (non-hydrogen) atoms. The molecule has 1 aromatic carbocycles. The van der Waals surface area contributed by atoms with Crippen LogP contribution in [0.25, 0.3) is 0 Å². The van der Waals surface area contributed by atoms with E-state index in [0.29, 0.717) is 6.04 Å². The van der Waals surface area contributed by atoms with Crippen LogP contribution in [0, 0.1) is 13.8 Å². The Morgan fingerprint density at radius 2 is 2.00 bits per heavy atom. The van der Waals surface area contributed by atoms with E-state index in [-0.39, 0.29) is 0 Å². The summed E-state index contributed by atoms with van der Waals surface area (Å²) in [4.78, 5) is 0. The first-order valence-electron chi connectivity index (χ1n) is 6.24. The van der Waals surface area contributed by atoms with Crippen molar-refractivity contribution in [1.29, 1.82) is 0 Å². The van der Waals surface area contributed by atoms with E-state index in [4.69, 9.17) is 4.74 Å². The molecule has 2 aliphatic rings. The SMILES string of the molecule is Cc1cc(C)c2c(c1)C(NC1CC1)CCO2. The van der Waals surface area contributed by atoms with Crippen LogP contribution in [-0.4, -0.2) is 12.6 Å². The molecule has 0 saturated heterocycles. The summed E-state index contributed by atoms with van der Waals surface area (Å²) in [6.45, 7) is 5.16. The molecule has 86 valence electrons. The van der Waals surface area contributed by atoms with Crippen LogP contribution in [-0.2, 0) is 0 Å². The highest BCUT2D eigenvalue weighted by atomic mass is 16.5. The number of hydrogen-bond acceptors (Lipinski definition) is 2. The van der Waals surface area contributed by atoms with E-state index in [1.54, 1.807) is 0 Å². The van der Waals surface area contributed by atoms with E-state index in [1.807, 2.05) is 0 Å². The first-order chi connectivity index (χ1) is 7.74. The predicted octanol–water partition coefficient (Wildman–Crippen LogP) is 2.88. The van der Waals surface area contributed by atoms with E-state index in [2.05, 4.69) is 31.3 Å². The molecule has 1 atom stereocenters. The molecule has 1 aliphatic heterocycles. The van der Waals surface area contributed by atoms with Gasteiger partial charge in [0.25, 0.3) is 0 Å². The van der Waals surface area contributed by atoms with Crippen molar-refractivity contribution in [3.05, 3.63) is 28.8 Å². The lowest BCUT2D eigenvalue weighted by Gasteiger charge is -2.28. The van der Waals surface area contributed by atoms with Crippen molar-refractivity contribution < 1.29 is 4.74 Å². The topological polar surface area (TPSA) is 21.3 Å². The zero-order valence-corrected chi connectivity index (χ0v) is 10.0. The first kappa shape index (κ1) is 10.2. The number of hydrogen-bond donors (Lipinski definition) is 1. The fourth-order valence-electron chi connectivity index (χ4n) is 2.59. The number of benzene rings is 1. The van der Waals surface area contributed by atoms with Crippen LogP contribution < -0.4 is 10.1 Å². The Kier molecular flexibility index (Phi) is 2.40. The highest BCUT2D eigenvalue weighted by molar-refractivity contribution is 5.46. The third-order valence-electron chi connectivity index (χ3n) is 3.49. The van der Waals surface area contributed by atoms with E-state index in [0.717, 1.165) is 24.8 Å². The van der Waals surface area contributed by atoms with Gasteiger partial charge in [-0.3, -0.25) is 0 Å². The van der Waals surface area contributed by atoms with Gasteiger partial charge in [-0.1, -0.05) is 17.7 Å². The summed E-state index contributed by atoms with van der Waals surface area (Å²) in [6, 6.07) is 5.76. The fraction of sp³-hybridized carbons (Fsp3) is 0.571. The predicted molar refractivity (Wildman–Crippen MR) is 64.9 cm³/mol. The molecule has 3 rings (SSSR count). The van der Waals surface area contributed by atoms with Gasteiger partial charge in [0.05, 0.1) is 6.61 Å². The minimum atomic E-state index is 0.509. The summed E-state index contributed by atoms with van der Waals surface area (Å²) in [7, 11) is 0. The van der Waals surface area contributed by atoms with Crippen LogP contribution >= 0.6 is 0 Å². The maximum Gasteiger partial charge on any atom is 0.126 e. The van der Waals surface area contributed by atoms with Crippen molar-refractivity contribution in [2.24, 2.45) is 0 Å². The van der Waals surface area contributed by atoms with Crippen LogP contribution in [0.15, 0.2) is 12.1 Å². The lowest BCUT2D eigenvalue weighted by molar-refractivity contribution is 0.250. The number of nitrogens with one attached hydrogen (secondary N) is 1. The highest BCUT2D eigenvalue weighted by Crippen LogP contribution is 2.37. The quantitative estimate of drug-likeness (QED) is 0.822. The molecule has 0 spiro atoms. The average Bonchev–Trinajstić information content (AvgIpc) is 3.03. The van der Waals surface area contributed by atoms with Gasteiger partial charge in [-0.05, 0) is 32.3 Å². The molecule has 2 nitrogen and oxygen atoms in total. The molecular formula is C14H19NO. The van der Waals surface area contributed by atoms with Gasteiger partial charge in [0, 0.05) is 24.1 Å². The van der Waals surface area contributed by atoms with Crippen molar-refractivity contribution >= 4 is 0 Å². The molecule has 1 saturated carbocycles. The van der Waals surface area contributed by atoms with Gasteiger partial charge >= 0.3 is 0 Å². The maximum atomic E-state index is 5.80. The lowest BCUT2D eigenvalue weighted by Crippen LogP contribution is -2.29. The lowest BCUT2D eigenvalue weighted by atomic mass is 9.95. The third kappa shape index (κ3) is 1.82. The van der Waals surface area contributed by atoms with Crippen LogP contribution in [0.1, 0.15) is 42.0 Å². The Hall–Kier alpha value is -1.02. The molecule has 0 bridgehead atoms. The molecular weight excluding hydrogens is 198 g/mol. The molecule has 0 aromatic heterocycles. The summed E-state index contributed by atoms with van der Waals surface area (Å²) >= 11 is 0. The van der Waals surface area contributed by atoms with E-state index >= 15 is 0 Å². The second kappa shape index (κ2) is 3.77. The molecule has 2 heteroatoms. The van der Waals surface area contributed by atoms with Crippen molar-refractivity contribution in [2.75, 3.05) is 6.61 Å². The first-order valence-corrected chi connectivity index (χ1v) is 6.24. The van der Waals surface area contributed by atoms with Gasteiger partial charge in [-0.25, -0.2) is 0 Å². The standard InChI is InChI=1S/C14H19NO/c1-9-7-10(2)14-12(8-9)13(5-6-16-14)15-11-3-4-11/h7-8,11,13,15H,3-6H2,1-2H3. The number of ether oxygens (including phenoxy) is 1. The van der Waals surface area contributed by atoms with Gasteiger partial charge in [0.1, 0.15) is 5.75 Å². The maximum absolute atomic E-state index is 5.80. The van der Waals surface area contributed by atoms with Crippen molar-refractivity contribution in [2.45, 2.75) is 45.2 Å². The highest BCUT2D eigenvalue weighted by Gasteiger charge is 2.29. The van der Waals surface area contributed by atoms with Gasteiger partial charge < -0.3 is 10.1 Å². The average molecular weight is 217 g/mol. The molecule has 1 fully saturated rings. The monoisotopic (exact) mass is 217 g/mol. The van der Waals surface area contributed by atoms with Crippen LogP contribution in [0.2, 0.25) is 0 Å². The molecule has 0 radical (unpaired) electrons. The number of fused-ring (bicyclic) bond motifs is 1. The van der Waals surface area contributed by atoms with Crippen LogP contribution in [0.5, 0.6) is 5.75 Å². The summed E-state index contributed by atoms with van der Waals surface area (Å²) < 4.78 is 5.80. The minimum Gasteiger partial charge on any atom is -0.493 e.